The van der Waals surface area contributed by atoms with Crippen molar-refractivity contribution in [3.05, 3.63) is 40.9 Å². The Morgan fingerprint density at radius 2 is 1.95 bits per heavy atom. The van der Waals surface area contributed by atoms with Gasteiger partial charge in [0, 0.05) is 0 Å². The van der Waals surface area contributed by atoms with Gasteiger partial charge in [-0.3, -0.25) is 4.79 Å². The minimum Gasteiger partial charge on any atom is -0.480 e. The van der Waals surface area contributed by atoms with E-state index < -0.39 is 22.0 Å². The smallest absolute Gasteiger partial charge is 0.322 e. The summed E-state index contributed by atoms with van der Waals surface area (Å²) in [6, 6.07) is 2.87. The van der Waals surface area contributed by atoms with Crippen molar-refractivity contribution >= 4 is 39.2 Å². The molecule has 0 saturated carbocycles. The van der Waals surface area contributed by atoms with Gasteiger partial charge in [0.1, 0.15) is 10.9 Å². The molecule has 0 radical (unpaired) electrons. The Hall–Kier alpha value is -1.08. The highest BCUT2D eigenvalue weighted by Gasteiger charge is 2.27. The monoisotopic (exact) mass is 323 g/mol. The van der Waals surface area contributed by atoms with Gasteiger partial charge in [-0.1, -0.05) is 35.3 Å². The molecule has 19 heavy (non-hydrogen) atoms. The molecule has 0 saturated heterocycles. The number of rotatable bonds is 6. The van der Waals surface area contributed by atoms with E-state index in [-0.39, 0.29) is 21.4 Å². The first-order valence-electron chi connectivity index (χ1n) is 5.09. The molecule has 0 aliphatic carbocycles. The summed E-state index contributed by atoms with van der Waals surface area (Å²) in [5.74, 6) is -1.31. The molecular formula is C11H11Cl2NO4S. The summed E-state index contributed by atoms with van der Waals surface area (Å²) >= 11 is 11.6. The number of benzene rings is 1. The molecule has 0 aliphatic heterocycles. The van der Waals surface area contributed by atoms with E-state index in [0.717, 1.165) is 0 Å². The van der Waals surface area contributed by atoms with Gasteiger partial charge in [0.05, 0.1) is 10.0 Å². The zero-order valence-corrected chi connectivity index (χ0v) is 12.0. The van der Waals surface area contributed by atoms with Crippen molar-refractivity contribution in [1.29, 1.82) is 0 Å². The maximum absolute atomic E-state index is 12.1. The number of hydrogen-bond donors (Lipinski definition) is 2. The van der Waals surface area contributed by atoms with E-state index in [2.05, 4.69) is 6.58 Å². The lowest BCUT2D eigenvalue weighted by atomic mass is 10.2. The Balaban J connectivity index is 3.17. The Bertz CT molecular complexity index is 580. The van der Waals surface area contributed by atoms with Crippen molar-refractivity contribution in [2.75, 3.05) is 0 Å². The first kappa shape index (κ1) is 16.0. The summed E-state index contributed by atoms with van der Waals surface area (Å²) in [5.41, 5.74) is 0. The standard InChI is InChI=1S/C11H11Cl2NO4S/c1-2-4-9(11(15)16)14-19(17,18)10-7(12)5-3-6-8(10)13/h2-3,5-6,9,14H,1,4H2,(H,15,16). The van der Waals surface area contributed by atoms with Gasteiger partial charge in [-0.2, -0.15) is 4.72 Å². The normalized spacial score (nSPS) is 12.9. The number of carboxylic acids is 1. The highest BCUT2D eigenvalue weighted by molar-refractivity contribution is 7.89. The molecule has 8 heteroatoms. The largest absolute Gasteiger partial charge is 0.480 e. The Morgan fingerprint density at radius 1 is 1.42 bits per heavy atom. The molecule has 1 aromatic carbocycles. The summed E-state index contributed by atoms with van der Waals surface area (Å²) in [6.07, 6.45) is 1.24. The topological polar surface area (TPSA) is 83.5 Å². The second kappa shape index (κ2) is 6.38. The average Bonchev–Trinajstić information content (AvgIpc) is 2.27. The van der Waals surface area contributed by atoms with E-state index in [4.69, 9.17) is 28.3 Å². The van der Waals surface area contributed by atoms with Crippen LogP contribution < -0.4 is 4.72 Å². The molecule has 104 valence electrons. The lowest BCUT2D eigenvalue weighted by molar-refractivity contribution is -0.138. The number of hydrogen-bond acceptors (Lipinski definition) is 3. The first-order chi connectivity index (χ1) is 8.79. The van der Waals surface area contributed by atoms with Crippen LogP contribution in [0.1, 0.15) is 6.42 Å². The second-order valence-electron chi connectivity index (χ2n) is 3.59. The van der Waals surface area contributed by atoms with Crippen LogP contribution in [0.25, 0.3) is 0 Å². The maximum Gasteiger partial charge on any atom is 0.322 e. The van der Waals surface area contributed by atoms with Crippen LogP contribution in [0, 0.1) is 0 Å². The third-order valence-electron chi connectivity index (χ3n) is 2.19. The molecule has 1 rings (SSSR count). The van der Waals surface area contributed by atoms with E-state index in [9.17, 15) is 13.2 Å². The van der Waals surface area contributed by atoms with Crippen LogP contribution in [-0.4, -0.2) is 25.5 Å². The van der Waals surface area contributed by atoms with Crippen LogP contribution in [0.5, 0.6) is 0 Å². The molecule has 0 amide bonds. The molecule has 1 aromatic rings. The van der Waals surface area contributed by atoms with Crippen LogP contribution in [0.2, 0.25) is 10.0 Å². The van der Waals surface area contributed by atoms with Gasteiger partial charge in [0.15, 0.2) is 0 Å². The van der Waals surface area contributed by atoms with Gasteiger partial charge in [-0.25, -0.2) is 8.42 Å². The molecule has 0 fully saturated rings. The number of aliphatic carboxylic acids is 1. The minimum absolute atomic E-state index is 0.0589. The van der Waals surface area contributed by atoms with Crippen molar-refractivity contribution in [3.8, 4) is 0 Å². The third-order valence-corrected chi connectivity index (χ3v) is 4.61. The van der Waals surface area contributed by atoms with Crippen LogP contribution >= 0.6 is 23.2 Å². The first-order valence-corrected chi connectivity index (χ1v) is 7.33. The van der Waals surface area contributed by atoms with Crippen molar-refractivity contribution < 1.29 is 18.3 Å². The van der Waals surface area contributed by atoms with Gasteiger partial charge in [-0.15, -0.1) is 6.58 Å². The number of carboxylic acid groups (broad SMARTS) is 1. The zero-order valence-electron chi connectivity index (χ0n) is 9.64. The fourth-order valence-electron chi connectivity index (χ4n) is 1.35. The highest BCUT2D eigenvalue weighted by atomic mass is 35.5. The average molecular weight is 324 g/mol. The van der Waals surface area contributed by atoms with Crippen LogP contribution in [0.15, 0.2) is 35.7 Å². The van der Waals surface area contributed by atoms with Gasteiger partial charge >= 0.3 is 5.97 Å². The van der Waals surface area contributed by atoms with Crippen LogP contribution in [-0.2, 0) is 14.8 Å². The molecule has 0 bridgehead atoms. The Kier molecular flexibility index (Phi) is 5.37. The maximum atomic E-state index is 12.1. The summed E-state index contributed by atoms with van der Waals surface area (Å²) in [4.78, 5) is 10.6. The van der Waals surface area contributed by atoms with Gasteiger partial charge in [0.2, 0.25) is 10.0 Å². The van der Waals surface area contributed by atoms with Crippen LogP contribution in [0.4, 0.5) is 0 Å². The van der Waals surface area contributed by atoms with E-state index in [1.165, 1.54) is 24.3 Å². The van der Waals surface area contributed by atoms with Crippen molar-refractivity contribution in [2.24, 2.45) is 0 Å². The molecule has 0 aromatic heterocycles. The van der Waals surface area contributed by atoms with Crippen LogP contribution in [0.3, 0.4) is 0 Å². The minimum atomic E-state index is -4.13. The lowest BCUT2D eigenvalue weighted by Gasteiger charge is -2.14. The predicted octanol–water partition coefficient (Wildman–Crippen LogP) is 2.30. The van der Waals surface area contributed by atoms with E-state index in [1.807, 2.05) is 4.72 Å². The number of sulfonamides is 1. The zero-order chi connectivity index (χ0) is 14.6. The van der Waals surface area contributed by atoms with Gasteiger partial charge < -0.3 is 5.11 Å². The van der Waals surface area contributed by atoms with E-state index >= 15 is 0 Å². The van der Waals surface area contributed by atoms with E-state index in [0.29, 0.717) is 0 Å². The summed E-state index contributed by atoms with van der Waals surface area (Å²) in [5, 5.41) is 8.75. The van der Waals surface area contributed by atoms with Crippen molar-refractivity contribution in [3.63, 3.8) is 0 Å². The fourth-order valence-corrected chi connectivity index (χ4v) is 3.70. The predicted molar refractivity (Wildman–Crippen MR) is 73.0 cm³/mol. The number of nitrogens with one attached hydrogen (secondary N) is 1. The molecule has 0 spiro atoms. The molecule has 2 N–H and O–H groups in total. The van der Waals surface area contributed by atoms with Crippen molar-refractivity contribution in [2.45, 2.75) is 17.4 Å². The summed E-state index contributed by atoms with van der Waals surface area (Å²) in [6.45, 7) is 3.37. The quantitative estimate of drug-likeness (QED) is 0.787. The molecular weight excluding hydrogens is 313 g/mol. The summed E-state index contributed by atoms with van der Waals surface area (Å²) in [7, 11) is -4.13. The fraction of sp³-hybridized carbons (Fsp3) is 0.182. The third kappa shape index (κ3) is 3.94. The molecule has 1 unspecified atom stereocenters. The molecule has 1 atom stereocenters. The molecule has 5 nitrogen and oxygen atoms in total. The summed E-state index contributed by atoms with van der Waals surface area (Å²) < 4.78 is 26.2. The number of halogens is 2. The second-order valence-corrected chi connectivity index (χ2v) is 6.05. The van der Waals surface area contributed by atoms with Gasteiger partial charge in [-0.05, 0) is 18.6 Å². The SMILES string of the molecule is C=CCC(NS(=O)(=O)c1c(Cl)cccc1Cl)C(=O)O. The van der Waals surface area contributed by atoms with E-state index in [1.54, 1.807) is 0 Å². The lowest BCUT2D eigenvalue weighted by Crippen LogP contribution is -2.40. The number of carbonyl (C=O) groups is 1. The highest BCUT2D eigenvalue weighted by Crippen LogP contribution is 2.29. The van der Waals surface area contributed by atoms with Gasteiger partial charge in [0.25, 0.3) is 0 Å². The molecule has 0 heterocycles. The Morgan fingerprint density at radius 3 is 2.37 bits per heavy atom. The van der Waals surface area contributed by atoms with Crippen molar-refractivity contribution in [1.82, 2.24) is 4.72 Å². The Labute approximate surface area is 120 Å². The molecule has 0 aliphatic rings.